The Kier molecular flexibility index (Phi) is 5.22. The fourth-order valence-electron chi connectivity index (χ4n) is 4.22. The highest BCUT2D eigenvalue weighted by atomic mass is 19.4. The normalized spacial score (nSPS) is 15.4. The molecule has 12 heteroatoms. The minimum absolute atomic E-state index is 0.307. The van der Waals surface area contributed by atoms with Gasteiger partial charge in [-0.2, -0.15) is 17.9 Å². The maximum atomic E-state index is 13.1. The molecule has 0 saturated carbocycles. The van der Waals surface area contributed by atoms with Crippen LogP contribution >= 0.6 is 0 Å². The van der Waals surface area contributed by atoms with Gasteiger partial charge in [-0.25, -0.2) is 4.98 Å². The number of hydrogen-bond acceptors (Lipinski definition) is 8. The Labute approximate surface area is 192 Å². The third-order valence-corrected chi connectivity index (χ3v) is 5.84. The maximum absolute atomic E-state index is 13.1. The smallest absolute Gasteiger partial charge is 0.451 e. The molecule has 5 heterocycles. The predicted molar refractivity (Wildman–Crippen MR) is 118 cm³/mol. The summed E-state index contributed by atoms with van der Waals surface area (Å²) in [5, 5.41) is 19.3. The minimum Gasteiger partial charge on any atom is -0.474 e. The van der Waals surface area contributed by atoms with Crippen LogP contribution in [0.5, 0.6) is 5.88 Å². The van der Waals surface area contributed by atoms with Crippen molar-refractivity contribution in [2.45, 2.75) is 26.1 Å². The van der Waals surface area contributed by atoms with Gasteiger partial charge in [-0.3, -0.25) is 15.8 Å². The Morgan fingerprint density at radius 2 is 2.00 bits per heavy atom. The summed E-state index contributed by atoms with van der Waals surface area (Å²) in [5.41, 5.74) is 3.65. The number of nitrogens with zero attached hydrogens (tertiary/aromatic N) is 6. The van der Waals surface area contributed by atoms with Crippen LogP contribution in [-0.4, -0.2) is 51.5 Å². The van der Waals surface area contributed by atoms with Crippen LogP contribution in [-0.2, 0) is 13.0 Å². The van der Waals surface area contributed by atoms with Crippen molar-refractivity contribution >= 4 is 23.0 Å². The molecule has 0 fully saturated rings. The van der Waals surface area contributed by atoms with E-state index in [-0.39, 0.29) is 0 Å². The standard InChI is InChI=1S/C22H21F3N8O/c1-13-9-18(26)33(21(27)22(23,24)25)30-19(13)31-6-4-16-14(12-31)10-15(11-29-16)32-7-8-34-20-17(32)3-2-5-28-20/h2-3,5,9-11,26-27H,4,6-8,12H2,1H3. The monoisotopic (exact) mass is 470 g/mol. The van der Waals surface area contributed by atoms with Crippen molar-refractivity contribution in [1.82, 2.24) is 19.7 Å². The fraction of sp³-hybridized carbons (Fsp3) is 0.318. The van der Waals surface area contributed by atoms with E-state index in [0.29, 0.717) is 54.6 Å². The van der Waals surface area contributed by atoms with Gasteiger partial charge in [0, 0.05) is 31.4 Å². The van der Waals surface area contributed by atoms with Gasteiger partial charge in [0.25, 0.3) is 0 Å². The van der Waals surface area contributed by atoms with Crippen molar-refractivity contribution in [3.63, 3.8) is 0 Å². The van der Waals surface area contributed by atoms with Crippen molar-refractivity contribution in [3.8, 4) is 5.88 Å². The number of anilines is 3. The Morgan fingerprint density at radius 1 is 1.18 bits per heavy atom. The van der Waals surface area contributed by atoms with E-state index in [4.69, 9.17) is 15.6 Å². The zero-order valence-electron chi connectivity index (χ0n) is 18.2. The Bertz CT molecular complexity index is 1340. The largest absolute Gasteiger partial charge is 0.474 e. The van der Waals surface area contributed by atoms with Gasteiger partial charge in [0.15, 0.2) is 5.82 Å². The fourth-order valence-corrected chi connectivity index (χ4v) is 4.22. The lowest BCUT2D eigenvalue weighted by Gasteiger charge is -2.33. The van der Waals surface area contributed by atoms with Crippen LogP contribution < -0.4 is 20.0 Å². The van der Waals surface area contributed by atoms with Crippen LogP contribution in [0.2, 0.25) is 0 Å². The number of ether oxygens (including phenoxy) is 1. The quantitative estimate of drug-likeness (QED) is 0.441. The molecule has 0 spiro atoms. The summed E-state index contributed by atoms with van der Waals surface area (Å²) >= 11 is 0. The third kappa shape index (κ3) is 3.84. The van der Waals surface area contributed by atoms with Crippen molar-refractivity contribution in [2.75, 3.05) is 29.5 Å². The number of aromatic nitrogens is 4. The van der Waals surface area contributed by atoms with E-state index in [2.05, 4.69) is 20.0 Å². The highest BCUT2D eigenvalue weighted by Crippen LogP contribution is 2.36. The molecule has 9 nitrogen and oxygen atoms in total. The number of aryl methyl sites for hydroxylation is 1. The number of fused-ring (bicyclic) bond motifs is 2. The van der Waals surface area contributed by atoms with E-state index in [1.807, 2.05) is 29.3 Å². The molecule has 0 amide bonds. The number of rotatable bonds is 2. The lowest BCUT2D eigenvalue weighted by Crippen LogP contribution is -2.41. The van der Waals surface area contributed by atoms with Crippen LogP contribution in [0.25, 0.3) is 0 Å². The van der Waals surface area contributed by atoms with E-state index >= 15 is 0 Å². The summed E-state index contributed by atoms with van der Waals surface area (Å²) in [5.74, 6) is -0.832. The van der Waals surface area contributed by atoms with E-state index in [9.17, 15) is 13.2 Å². The molecular formula is C22H21F3N8O. The van der Waals surface area contributed by atoms with Crippen molar-refractivity contribution in [3.05, 3.63) is 59.0 Å². The first-order valence-electron chi connectivity index (χ1n) is 10.6. The molecule has 0 aliphatic carbocycles. The molecule has 0 bridgehead atoms. The third-order valence-electron chi connectivity index (χ3n) is 5.84. The Hall–Kier alpha value is -3.96. The Morgan fingerprint density at radius 3 is 2.79 bits per heavy atom. The first kappa shape index (κ1) is 21.9. The van der Waals surface area contributed by atoms with Crippen LogP contribution in [0.3, 0.4) is 0 Å². The van der Waals surface area contributed by atoms with Crippen molar-refractivity contribution in [1.29, 1.82) is 10.8 Å². The highest BCUT2D eigenvalue weighted by Gasteiger charge is 2.37. The molecule has 0 aromatic carbocycles. The molecule has 0 radical (unpaired) electrons. The molecule has 2 N–H and O–H groups in total. The van der Waals surface area contributed by atoms with Crippen LogP contribution in [0.4, 0.5) is 30.4 Å². The molecular weight excluding hydrogens is 449 g/mol. The molecule has 2 aliphatic rings. The second-order valence-corrected chi connectivity index (χ2v) is 8.09. The average molecular weight is 470 g/mol. The second kappa shape index (κ2) is 8.12. The summed E-state index contributed by atoms with van der Waals surface area (Å²) in [6, 6.07) is 7.09. The van der Waals surface area contributed by atoms with Gasteiger partial charge in [0.1, 0.15) is 17.8 Å². The predicted octanol–water partition coefficient (Wildman–Crippen LogP) is 2.94. The number of alkyl halides is 3. The number of halogens is 3. The second-order valence-electron chi connectivity index (χ2n) is 8.09. The highest BCUT2D eigenvalue weighted by molar-refractivity contribution is 5.86. The van der Waals surface area contributed by atoms with E-state index in [1.165, 1.54) is 6.07 Å². The summed E-state index contributed by atoms with van der Waals surface area (Å²) in [7, 11) is 0. The van der Waals surface area contributed by atoms with Crippen molar-refractivity contribution < 1.29 is 17.9 Å². The van der Waals surface area contributed by atoms with E-state index in [1.54, 1.807) is 13.1 Å². The molecule has 0 unspecified atom stereocenters. The van der Waals surface area contributed by atoms with Gasteiger partial charge in [-0.1, -0.05) is 0 Å². The average Bonchev–Trinajstić information content (AvgIpc) is 2.82. The molecule has 0 saturated heterocycles. The summed E-state index contributed by atoms with van der Waals surface area (Å²) < 4.78 is 45.3. The SMILES string of the molecule is Cc1cc(=N)n(C(=N)C(F)(F)F)nc1N1CCc2ncc(N3CCOc4ncccc43)cc2C1. The molecule has 176 valence electrons. The first-order chi connectivity index (χ1) is 16.2. The lowest BCUT2D eigenvalue weighted by atomic mass is 10.0. The molecule has 34 heavy (non-hydrogen) atoms. The number of hydrogen-bond donors (Lipinski definition) is 2. The Balaban J connectivity index is 1.47. The summed E-state index contributed by atoms with van der Waals surface area (Å²) in [6.07, 6.45) is -0.824. The van der Waals surface area contributed by atoms with Gasteiger partial charge in [0.2, 0.25) is 11.7 Å². The van der Waals surface area contributed by atoms with Gasteiger partial charge < -0.3 is 14.5 Å². The summed E-state index contributed by atoms with van der Waals surface area (Å²) in [6.45, 7) is 3.72. The van der Waals surface area contributed by atoms with E-state index < -0.39 is 17.5 Å². The molecule has 3 aromatic heterocycles. The zero-order chi connectivity index (χ0) is 24.0. The van der Waals surface area contributed by atoms with Gasteiger partial charge >= 0.3 is 6.18 Å². The first-order valence-corrected chi connectivity index (χ1v) is 10.6. The molecule has 3 aromatic rings. The molecule has 5 rings (SSSR count). The number of pyridine rings is 2. The van der Waals surface area contributed by atoms with Crippen LogP contribution in [0, 0.1) is 17.7 Å². The summed E-state index contributed by atoms with van der Waals surface area (Å²) in [4.78, 5) is 12.9. The van der Waals surface area contributed by atoms with Crippen molar-refractivity contribution in [2.24, 2.45) is 0 Å². The topological polar surface area (TPSA) is 107 Å². The van der Waals surface area contributed by atoms with E-state index in [0.717, 1.165) is 22.6 Å². The minimum atomic E-state index is -4.91. The number of nitrogens with one attached hydrogen (secondary N) is 2. The lowest BCUT2D eigenvalue weighted by molar-refractivity contribution is -0.0632. The molecule has 2 aliphatic heterocycles. The van der Waals surface area contributed by atoms with Gasteiger partial charge in [-0.05, 0) is 42.3 Å². The van der Waals surface area contributed by atoms with Crippen LogP contribution in [0.1, 0.15) is 16.8 Å². The maximum Gasteiger partial charge on any atom is 0.451 e. The van der Waals surface area contributed by atoms with Gasteiger partial charge in [-0.15, -0.1) is 5.10 Å². The molecule has 0 atom stereocenters. The van der Waals surface area contributed by atoms with Crippen LogP contribution in [0.15, 0.2) is 36.7 Å². The van der Waals surface area contributed by atoms with Gasteiger partial charge in [0.05, 0.1) is 18.4 Å². The zero-order valence-corrected chi connectivity index (χ0v) is 18.2.